The van der Waals surface area contributed by atoms with Crippen LogP contribution in [0, 0.1) is 0 Å². The zero-order valence-corrected chi connectivity index (χ0v) is 14.4. The van der Waals surface area contributed by atoms with Gasteiger partial charge in [0.1, 0.15) is 0 Å². The molecule has 0 aliphatic heterocycles. The van der Waals surface area contributed by atoms with Crippen molar-refractivity contribution in [3.8, 4) is 0 Å². The summed E-state index contributed by atoms with van der Waals surface area (Å²) in [6, 6.07) is 0. The molecule has 0 unspecified atom stereocenters. The molecule has 0 bridgehead atoms. The Morgan fingerprint density at radius 3 is 0.455 bits per heavy atom. The van der Waals surface area contributed by atoms with Crippen LogP contribution in [0.5, 0.6) is 0 Å². The van der Waals surface area contributed by atoms with E-state index in [2.05, 4.69) is 0 Å². The summed E-state index contributed by atoms with van der Waals surface area (Å²) in [7, 11) is 0. The Labute approximate surface area is 142 Å². The molecule has 0 amide bonds. The van der Waals surface area contributed by atoms with Crippen molar-refractivity contribution in [3.05, 3.63) is 0 Å². The topological polar surface area (TPSA) is 0 Å². The molecule has 0 aliphatic rings. The summed E-state index contributed by atoms with van der Waals surface area (Å²) in [5.41, 5.74) is 0. The molecule has 0 saturated heterocycles. The average Bonchev–Trinajstić information content (AvgIpc) is 1.12. The predicted octanol–water partition coefficient (Wildman–Crippen LogP) is 4.37. The molecule has 0 spiro atoms. The third-order valence-electron chi connectivity index (χ3n) is 0. The van der Waals surface area contributed by atoms with E-state index in [1.807, 2.05) is 0 Å². The maximum Gasteiger partial charge on any atom is 2.00 e. The molecule has 0 aromatic carbocycles. The molecule has 0 N–H and O–H groups in total. The first-order chi connectivity index (χ1) is 4.00. The molecular weight excluding hydrogens is 393 g/mol. The third-order valence-corrected chi connectivity index (χ3v) is 0. The van der Waals surface area contributed by atoms with Gasteiger partial charge in [0.2, 0.25) is 0 Å². The van der Waals surface area contributed by atoms with Crippen molar-refractivity contribution in [2.75, 3.05) is 0 Å². The van der Waals surface area contributed by atoms with Gasteiger partial charge in [-0.2, -0.15) is 0 Å². The second kappa shape index (κ2) is 9.18. The molecule has 0 nitrogen and oxygen atoms in total. The van der Waals surface area contributed by atoms with Gasteiger partial charge in [0, 0.05) is 0 Å². The maximum atomic E-state index is 4.89. The van der Waals surface area contributed by atoms with Crippen molar-refractivity contribution < 1.29 is 0 Å². The van der Waals surface area contributed by atoms with Crippen LogP contribution in [-0.4, -0.2) is 53.1 Å². The molecular formula is B2Cl8Sr. The van der Waals surface area contributed by atoms with E-state index < -0.39 is 7.61 Å². The minimum atomic E-state index is -2.11. The van der Waals surface area contributed by atoms with Gasteiger partial charge in [-0.25, -0.2) is 0 Å². The fraction of sp³-hybridized carbons (Fsp3) is 0. The molecule has 0 heterocycles. The van der Waals surface area contributed by atoms with Gasteiger partial charge in [0.15, 0.2) is 0 Å². The molecule has 11 heteroatoms. The Morgan fingerprint density at radius 1 is 0.455 bits per heavy atom. The number of hydrogen-bond acceptors (Lipinski definition) is 0. The van der Waals surface area contributed by atoms with Crippen molar-refractivity contribution in [2.45, 2.75) is 0 Å². The molecule has 64 valence electrons. The van der Waals surface area contributed by atoms with Gasteiger partial charge in [-0.05, 0) is 0 Å². The first-order valence-electron chi connectivity index (χ1n) is 1.75. The van der Waals surface area contributed by atoms with E-state index >= 15 is 0 Å². The molecule has 0 aromatic heterocycles. The summed E-state index contributed by atoms with van der Waals surface area (Å²) in [4.78, 5) is 0. The summed E-state index contributed by atoms with van der Waals surface area (Å²) in [6.07, 6.45) is 0. The van der Waals surface area contributed by atoms with Crippen LogP contribution in [0.2, 0.25) is 0 Å². The number of halogens is 8. The smallest absolute Gasteiger partial charge is 0.332 e. The standard InChI is InChI=1S/2BCl4.Sr/c2*2-1(3,4)5;/q2*-1;+2. The molecule has 0 saturated carbocycles. The minimum Gasteiger partial charge on any atom is -0.332 e. The molecule has 0 fully saturated rings. The van der Waals surface area contributed by atoms with E-state index in [0.29, 0.717) is 0 Å². The predicted molar refractivity (Wildman–Crippen MR) is 64.1 cm³/mol. The Bertz CT molecular complexity index is 55.1. The summed E-state index contributed by atoms with van der Waals surface area (Å²) in [5, 5.41) is 0. The minimum absolute atomic E-state index is 0. The normalized spacial score (nSPS) is 10.9. The van der Waals surface area contributed by atoms with E-state index in [9.17, 15) is 0 Å². The van der Waals surface area contributed by atoms with E-state index in [-0.39, 0.29) is 45.5 Å². The summed E-state index contributed by atoms with van der Waals surface area (Å²) in [5.74, 6) is 0. The number of rotatable bonds is 0. The quantitative estimate of drug-likeness (QED) is 0.537. The number of hydrogen-bond donors (Lipinski definition) is 0. The first-order valence-corrected chi connectivity index (χ1v) is 5.24. The van der Waals surface area contributed by atoms with Crippen molar-refractivity contribution in [1.82, 2.24) is 0 Å². The molecule has 0 radical (unpaired) electrons. The van der Waals surface area contributed by atoms with Gasteiger partial charge in [0.05, 0.1) is 0 Å². The van der Waals surface area contributed by atoms with Crippen molar-refractivity contribution in [2.24, 2.45) is 0 Å². The largest absolute Gasteiger partial charge is 2.00 e. The van der Waals surface area contributed by atoms with Crippen LogP contribution in [0.4, 0.5) is 0 Å². The van der Waals surface area contributed by atoms with Gasteiger partial charge in [-0.3, -0.25) is 0 Å². The SMILES string of the molecule is Cl[B-](Cl)(Cl)Cl.Cl[B-](Cl)(Cl)Cl.[Sr+2]. The van der Waals surface area contributed by atoms with Crippen LogP contribution in [0.1, 0.15) is 0 Å². The average molecular weight is 393 g/mol. The molecule has 0 aliphatic carbocycles. The maximum absolute atomic E-state index is 4.89. The second-order valence-corrected chi connectivity index (χ2v) is 8.91. The van der Waals surface area contributed by atoms with Crippen LogP contribution in [-0.2, 0) is 0 Å². The van der Waals surface area contributed by atoms with Crippen molar-refractivity contribution >= 4 is 145 Å². The van der Waals surface area contributed by atoms with Gasteiger partial charge < -0.3 is 91.7 Å². The second-order valence-electron chi connectivity index (χ2n) is 0.990. The van der Waals surface area contributed by atoms with Gasteiger partial charge in [0.25, 0.3) is 0 Å². The summed E-state index contributed by atoms with van der Waals surface area (Å²) < 4.78 is -4.22. The zero-order chi connectivity index (χ0) is 9.00. The van der Waals surface area contributed by atoms with E-state index in [1.165, 1.54) is 0 Å². The van der Waals surface area contributed by atoms with Crippen molar-refractivity contribution in [3.63, 3.8) is 0 Å². The monoisotopic (exact) mass is 390 g/mol. The fourth-order valence-electron chi connectivity index (χ4n) is 0. The first kappa shape index (κ1) is 20.4. The molecule has 0 atom stereocenters. The van der Waals surface area contributed by atoms with Crippen LogP contribution < -0.4 is 0 Å². The van der Waals surface area contributed by atoms with Gasteiger partial charge in [-0.1, -0.05) is 0 Å². The van der Waals surface area contributed by atoms with Crippen LogP contribution in [0.25, 0.3) is 0 Å². The van der Waals surface area contributed by atoms with E-state index in [1.54, 1.807) is 0 Å². The van der Waals surface area contributed by atoms with E-state index in [0.717, 1.165) is 0 Å². The van der Waals surface area contributed by atoms with Gasteiger partial charge in [-0.15, -0.1) is 0 Å². The van der Waals surface area contributed by atoms with Gasteiger partial charge >= 0.3 is 53.1 Å². The Balaban J connectivity index is -0.000000107. The fourth-order valence-corrected chi connectivity index (χ4v) is 0. The Kier molecular flexibility index (Phi) is 17.0. The van der Waals surface area contributed by atoms with E-state index in [4.69, 9.17) is 91.7 Å². The summed E-state index contributed by atoms with van der Waals surface area (Å²) in [6.45, 7) is 0. The Morgan fingerprint density at radius 2 is 0.455 bits per heavy atom. The molecule has 0 rings (SSSR count). The Hall–Kier alpha value is 3.93. The van der Waals surface area contributed by atoms with Crippen LogP contribution >= 0.6 is 91.7 Å². The van der Waals surface area contributed by atoms with Crippen molar-refractivity contribution in [1.29, 1.82) is 0 Å². The summed E-state index contributed by atoms with van der Waals surface area (Å²) >= 11 is 39.1. The third kappa shape index (κ3) is 128. The van der Waals surface area contributed by atoms with Crippen LogP contribution in [0.3, 0.4) is 0 Å². The van der Waals surface area contributed by atoms with Crippen LogP contribution in [0.15, 0.2) is 0 Å². The molecule has 11 heavy (non-hydrogen) atoms. The molecule has 0 aromatic rings. The zero-order valence-electron chi connectivity index (χ0n) is 4.89.